The van der Waals surface area contributed by atoms with Gasteiger partial charge in [-0.1, -0.05) is 12.1 Å². The van der Waals surface area contributed by atoms with Gasteiger partial charge in [0, 0.05) is 42.3 Å². The predicted molar refractivity (Wildman–Crippen MR) is 138 cm³/mol. The van der Waals surface area contributed by atoms with Crippen molar-refractivity contribution in [3.63, 3.8) is 0 Å². The molecule has 10 heteroatoms. The number of methoxy groups -OCH3 is 2. The van der Waals surface area contributed by atoms with Gasteiger partial charge in [-0.15, -0.1) is 11.3 Å². The first kappa shape index (κ1) is 25.5. The van der Waals surface area contributed by atoms with Crippen LogP contribution in [-0.2, 0) is 11.3 Å². The van der Waals surface area contributed by atoms with Gasteiger partial charge in [0.2, 0.25) is 5.91 Å². The van der Waals surface area contributed by atoms with Crippen molar-refractivity contribution in [1.82, 2.24) is 20.5 Å². The van der Waals surface area contributed by atoms with Gasteiger partial charge in [0.25, 0.3) is 5.91 Å². The molecule has 0 saturated heterocycles. The zero-order valence-electron chi connectivity index (χ0n) is 20.4. The molecule has 1 aliphatic rings. The number of hydrogen-bond acceptors (Lipinski definition) is 8. The molecule has 0 aliphatic carbocycles. The number of benzene rings is 2. The number of hydrogen-bond donors (Lipinski definition) is 2. The first-order chi connectivity index (χ1) is 17.6. The minimum absolute atomic E-state index is 0.0805. The van der Waals surface area contributed by atoms with E-state index in [0.29, 0.717) is 49.7 Å². The maximum absolute atomic E-state index is 12.8. The van der Waals surface area contributed by atoms with Crippen molar-refractivity contribution in [2.45, 2.75) is 13.0 Å². The SMILES string of the molecule is COc1cccc(-c2ncc(CN3CCCNC(=O)c4ccc(OC)cc4OCCNC(=O)C3)s2)c1. The molecule has 4 rings (SSSR count). The van der Waals surface area contributed by atoms with Crippen molar-refractivity contribution in [3.8, 4) is 27.8 Å². The molecular formula is C26H30N4O5S. The summed E-state index contributed by atoms with van der Waals surface area (Å²) in [7, 11) is 3.20. The molecule has 1 aromatic heterocycles. The number of carbonyl (C=O) groups is 2. The number of fused-ring (bicyclic) bond motifs is 1. The summed E-state index contributed by atoms with van der Waals surface area (Å²) < 4.78 is 16.4. The average Bonchev–Trinajstić information content (AvgIpc) is 3.37. The fraction of sp³-hybridized carbons (Fsp3) is 0.346. The zero-order valence-corrected chi connectivity index (χ0v) is 21.2. The normalized spacial score (nSPS) is 15.6. The zero-order chi connectivity index (χ0) is 25.3. The maximum atomic E-state index is 12.8. The molecule has 9 nitrogen and oxygen atoms in total. The second-order valence-corrected chi connectivity index (χ2v) is 9.36. The van der Waals surface area contributed by atoms with E-state index in [4.69, 9.17) is 14.2 Å². The molecule has 0 saturated carbocycles. The topological polar surface area (TPSA) is 102 Å². The molecule has 0 unspecified atom stereocenters. The van der Waals surface area contributed by atoms with Gasteiger partial charge in [0.05, 0.1) is 32.9 Å². The van der Waals surface area contributed by atoms with E-state index in [9.17, 15) is 9.59 Å². The quantitative estimate of drug-likeness (QED) is 0.544. The highest BCUT2D eigenvalue weighted by molar-refractivity contribution is 7.15. The number of rotatable bonds is 5. The van der Waals surface area contributed by atoms with Crippen LogP contribution in [0.1, 0.15) is 21.7 Å². The summed E-state index contributed by atoms with van der Waals surface area (Å²) >= 11 is 1.59. The van der Waals surface area contributed by atoms with E-state index in [1.165, 1.54) is 0 Å². The molecule has 190 valence electrons. The van der Waals surface area contributed by atoms with E-state index in [1.807, 2.05) is 30.5 Å². The Kier molecular flexibility index (Phi) is 8.75. The van der Waals surface area contributed by atoms with Crippen LogP contribution in [0.25, 0.3) is 10.6 Å². The van der Waals surface area contributed by atoms with Crippen LogP contribution in [0.3, 0.4) is 0 Å². The predicted octanol–water partition coefficient (Wildman–Crippen LogP) is 2.96. The molecule has 0 spiro atoms. The summed E-state index contributed by atoms with van der Waals surface area (Å²) in [4.78, 5) is 33.1. The third-order valence-corrected chi connectivity index (χ3v) is 6.70. The minimum atomic E-state index is -0.203. The van der Waals surface area contributed by atoms with Crippen molar-refractivity contribution >= 4 is 23.2 Å². The number of amides is 2. The van der Waals surface area contributed by atoms with E-state index < -0.39 is 0 Å². The van der Waals surface area contributed by atoms with E-state index in [0.717, 1.165) is 21.2 Å². The van der Waals surface area contributed by atoms with E-state index in [1.54, 1.807) is 43.8 Å². The highest BCUT2D eigenvalue weighted by Gasteiger charge is 2.17. The Labute approximate surface area is 214 Å². The third kappa shape index (κ3) is 6.73. The van der Waals surface area contributed by atoms with Crippen LogP contribution in [0.2, 0.25) is 0 Å². The number of carbonyl (C=O) groups excluding carboxylic acids is 2. The molecule has 1 aliphatic heterocycles. The average molecular weight is 511 g/mol. The number of nitrogens with zero attached hydrogens (tertiary/aromatic N) is 2. The fourth-order valence-corrected chi connectivity index (χ4v) is 4.80. The largest absolute Gasteiger partial charge is 0.497 e. The molecule has 2 aromatic carbocycles. The number of ether oxygens (including phenoxy) is 3. The monoisotopic (exact) mass is 510 g/mol. The van der Waals surface area contributed by atoms with Crippen LogP contribution in [0.5, 0.6) is 17.2 Å². The van der Waals surface area contributed by atoms with Gasteiger partial charge in [-0.25, -0.2) is 4.98 Å². The molecule has 0 atom stereocenters. The van der Waals surface area contributed by atoms with Gasteiger partial charge in [-0.2, -0.15) is 0 Å². The van der Waals surface area contributed by atoms with Crippen LogP contribution >= 0.6 is 11.3 Å². The lowest BCUT2D eigenvalue weighted by Crippen LogP contribution is -2.40. The second kappa shape index (κ2) is 12.4. The molecule has 3 aromatic rings. The van der Waals surface area contributed by atoms with Gasteiger partial charge in [0.1, 0.15) is 28.9 Å². The Bertz CT molecular complexity index is 1200. The van der Waals surface area contributed by atoms with Crippen molar-refractivity contribution in [2.75, 3.05) is 47.0 Å². The lowest BCUT2D eigenvalue weighted by atomic mass is 10.1. The molecule has 2 amide bonds. The lowest BCUT2D eigenvalue weighted by Gasteiger charge is -2.22. The summed E-state index contributed by atoms with van der Waals surface area (Å²) in [5.41, 5.74) is 1.43. The molecule has 36 heavy (non-hydrogen) atoms. The van der Waals surface area contributed by atoms with Crippen molar-refractivity contribution in [1.29, 1.82) is 0 Å². The summed E-state index contributed by atoms with van der Waals surface area (Å²) in [6, 6.07) is 12.9. The van der Waals surface area contributed by atoms with Crippen LogP contribution in [-0.4, -0.2) is 68.7 Å². The van der Waals surface area contributed by atoms with E-state index >= 15 is 0 Å². The Balaban J connectivity index is 1.42. The molecule has 0 radical (unpaired) electrons. The highest BCUT2D eigenvalue weighted by Crippen LogP contribution is 2.29. The Morgan fingerprint density at radius 3 is 2.72 bits per heavy atom. The van der Waals surface area contributed by atoms with E-state index in [2.05, 4.69) is 20.5 Å². The smallest absolute Gasteiger partial charge is 0.255 e. The highest BCUT2D eigenvalue weighted by atomic mass is 32.1. The summed E-state index contributed by atoms with van der Waals surface area (Å²) in [6.07, 6.45) is 2.54. The standard InChI is InChI=1S/C26H30N4O5S/c1-33-19-6-3-5-18(13-19)26-29-15-21(36-26)16-30-11-4-9-28-25(32)22-8-7-20(34-2)14-23(22)35-12-10-27-24(31)17-30/h3,5-8,13-15H,4,9-12,16-17H2,1-2H3,(H,27,31)(H,28,32). The third-order valence-electron chi connectivity index (χ3n) is 5.67. The van der Waals surface area contributed by atoms with Crippen molar-refractivity contribution in [2.24, 2.45) is 0 Å². The summed E-state index contributed by atoms with van der Waals surface area (Å²) in [5, 5.41) is 6.76. The van der Waals surface area contributed by atoms with Gasteiger partial charge in [-0.05, 0) is 30.7 Å². The van der Waals surface area contributed by atoms with Gasteiger partial charge in [0.15, 0.2) is 0 Å². The van der Waals surface area contributed by atoms with Crippen LogP contribution in [0.4, 0.5) is 0 Å². The van der Waals surface area contributed by atoms with E-state index in [-0.39, 0.29) is 25.0 Å². The number of thiazole rings is 1. The fourth-order valence-electron chi connectivity index (χ4n) is 3.85. The summed E-state index contributed by atoms with van der Waals surface area (Å²) in [6.45, 7) is 2.50. The van der Waals surface area contributed by atoms with Crippen LogP contribution < -0.4 is 24.8 Å². The minimum Gasteiger partial charge on any atom is -0.497 e. The number of nitrogens with one attached hydrogen (secondary N) is 2. The van der Waals surface area contributed by atoms with Crippen molar-refractivity contribution in [3.05, 3.63) is 59.1 Å². The van der Waals surface area contributed by atoms with Gasteiger partial charge in [-0.3, -0.25) is 14.5 Å². The molecule has 2 N–H and O–H groups in total. The van der Waals surface area contributed by atoms with Crippen LogP contribution in [0.15, 0.2) is 48.7 Å². The molecular weight excluding hydrogens is 480 g/mol. The maximum Gasteiger partial charge on any atom is 0.255 e. The van der Waals surface area contributed by atoms with Gasteiger partial charge >= 0.3 is 0 Å². The summed E-state index contributed by atoms with van der Waals surface area (Å²) in [5.74, 6) is 1.52. The van der Waals surface area contributed by atoms with Crippen molar-refractivity contribution < 1.29 is 23.8 Å². The second-order valence-electron chi connectivity index (χ2n) is 8.24. The Hall–Kier alpha value is -3.63. The molecule has 2 heterocycles. The lowest BCUT2D eigenvalue weighted by molar-refractivity contribution is -0.122. The Morgan fingerprint density at radius 1 is 1.06 bits per heavy atom. The number of aromatic nitrogens is 1. The first-order valence-electron chi connectivity index (χ1n) is 11.7. The Morgan fingerprint density at radius 2 is 1.89 bits per heavy atom. The first-order valence-corrected chi connectivity index (χ1v) is 12.5. The van der Waals surface area contributed by atoms with Gasteiger partial charge < -0.3 is 24.8 Å². The molecule has 0 bridgehead atoms. The molecule has 0 fully saturated rings. The van der Waals surface area contributed by atoms with Crippen LogP contribution in [0, 0.1) is 0 Å².